The highest BCUT2D eigenvalue weighted by Gasteiger charge is 2.32. The average Bonchev–Trinajstić information content (AvgIpc) is 2.99. The summed E-state index contributed by atoms with van der Waals surface area (Å²) in [6, 6.07) is 1.34. The van der Waals surface area contributed by atoms with Crippen LogP contribution in [-0.4, -0.2) is 49.6 Å². The summed E-state index contributed by atoms with van der Waals surface area (Å²) in [6.07, 6.45) is 4.79. The second-order valence-corrected chi connectivity index (χ2v) is 4.78. The maximum absolute atomic E-state index is 11.4. The molecule has 1 amide bonds. The van der Waals surface area contributed by atoms with Crippen molar-refractivity contribution >= 4 is 5.91 Å². The number of carbonyl (C=O) groups excluding carboxylic acids is 1. The normalized spacial score (nSPS) is 30.9. The number of nitrogens with zero attached hydrogens (tertiary/aromatic N) is 1. The van der Waals surface area contributed by atoms with E-state index in [0.29, 0.717) is 6.04 Å². The maximum atomic E-state index is 11.4. The summed E-state index contributed by atoms with van der Waals surface area (Å²) < 4.78 is 0. The fourth-order valence-electron chi connectivity index (χ4n) is 2.36. The molecule has 4 nitrogen and oxygen atoms in total. The molecule has 1 aliphatic carbocycles. The summed E-state index contributed by atoms with van der Waals surface area (Å²) in [4.78, 5) is 13.8. The van der Waals surface area contributed by atoms with E-state index in [4.69, 9.17) is 0 Å². The standard InChI is InChI=1S/C11H21N3O/c1-12-11(15)10-6-3-8(13-10)7-14(2)9-4-5-9/h8-10,13H,3-7H2,1-2H3,(H,12,15). The van der Waals surface area contributed by atoms with Crippen LogP contribution in [0, 0.1) is 0 Å². The summed E-state index contributed by atoms with van der Waals surface area (Å²) in [5.74, 6) is 0.131. The Labute approximate surface area is 91.4 Å². The molecule has 2 rings (SSSR count). The van der Waals surface area contributed by atoms with Gasteiger partial charge in [-0.3, -0.25) is 4.79 Å². The second kappa shape index (κ2) is 4.49. The van der Waals surface area contributed by atoms with Crippen molar-refractivity contribution in [3.8, 4) is 0 Å². The van der Waals surface area contributed by atoms with Gasteiger partial charge in [0.05, 0.1) is 6.04 Å². The molecule has 2 unspecified atom stereocenters. The highest BCUT2D eigenvalue weighted by Crippen LogP contribution is 2.26. The van der Waals surface area contributed by atoms with Crippen LogP contribution in [0.3, 0.4) is 0 Å². The minimum Gasteiger partial charge on any atom is -0.358 e. The van der Waals surface area contributed by atoms with Gasteiger partial charge in [-0.1, -0.05) is 0 Å². The Morgan fingerprint density at radius 3 is 2.73 bits per heavy atom. The molecule has 1 heterocycles. The number of rotatable bonds is 4. The molecule has 0 bridgehead atoms. The lowest BCUT2D eigenvalue weighted by Crippen LogP contribution is -2.44. The van der Waals surface area contributed by atoms with Gasteiger partial charge >= 0.3 is 0 Å². The molecule has 2 aliphatic rings. The molecule has 4 heteroatoms. The minimum absolute atomic E-state index is 0.0348. The number of amides is 1. The van der Waals surface area contributed by atoms with Crippen LogP contribution in [-0.2, 0) is 4.79 Å². The molecule has 1 aliphatic heterocycles. The Bertz CT molecular complexity index is 240. The van der Waals surface area contributed by atoms with Crippen LogP contribution in [0.15, 0.2) is 0 Å². The number of carbonyl (C=O) groups is 1. The number of hydrogen-bond donors (Lipinski definition) is 2. The van der Waals surface area contributed by atoms with Crippen LogP contribution in [0.1, 0.15) is 25.7 Å². The molecule has 0 aromatic carbocycles. The van der Waals surface area contributed by atoms with Gasteiger partial charge in [0.25, 0.3) is 0 Å². The van der Waals surface area contributed by atoms with Gasteiger partial charge in [0.15, 0.2) is 0 Å². The topological polar surface area (TPSA) is 44.4 Å². The molecular formula is C11H21N3O. The Morgan fingerprint density at radius 1 is 1.40 bits per heavy atom. The van der Waals surface area contributed by atoms with E-state index in [1.807, 2.05) is 0 Å². The first-order valence-corrected chi connectivity index (χ1v) is 5.88. The smallest absolute Gasteiger partial charge is 0.236 e. The summed E-state index contributed by atoms with van der Waals surface area (Å²) in [6.45, 7) is 1.08. The monoisotopic (exact) mass is 211 g/mol. The van der Waals surface area contributed by atoms with Crippen LogP contribution < -0.4 is 10.6 Å². The molecule has 0 spiro atoms. The predicted molar refractivity (Wildman–Crippen MR) is 59.7 cm³/mol. The first-order valence-electron chi connectivity index (χ1n) is 5.88. The van der Waals surface area contributed by atoms with Crippen molar-refractivity contribution in [3.63, 3.8) is 0 Å². The van der Waals surface area contributed by atoms with Gasteiger partial charge in [0.2, 0.25) is 5.91 Å². The fourth-order valence-corrected chi connectivity index (χ4v) is 2.36. The van der Waals surface area contributed by atoms with Gasteiger partial charge in [-0.25, -0.2) is 0 Å². The molecule has 15 heavy (non-hydrogen) atoms. The summed E-state index contributed by atoms with van der Waals surface area (Å²) >= 11 is 0. The molecule has 0 aromatic rings. The Hall–Kier alpha value is -0.610. The fraction of sp³-hybridized carbons (Fsp3) is 0.909. The van der Waals surface area contributed by atoms with Crippen molar-refractivity contribution in [3.05, 3.63) is 0 Å². The zero-order chi connectivity index (χ0) is 10.8. The van der Waals surface area contributed by atoms with Gasteiger partial charge in [-0.2, -0.15) is 0 Å². The lowest BCUT2D eigenvalue weighted by atomic mass is 10.2. The third-order valence-corrected chi connectivity index (χ3v) is 3.48. The van der Waals surface area contributed by atoms with Gasteiger partial charge in [0, 0.05) is 25.7 Å². The van der Waals surface area contributed by atoms with Gasteiger partial charge < -0.3 is 15.5 Å². The Morgan fingerprint density at radius 2 is 2.13 bits per heavy atom. The van der Waals surface area contributed by atoms with E-state index in [2.05, 4.69) is 22.6 Å². The van der Waals surface area contributed by atoms with Crippen molar-refractivity contribution in [2.75, 3.05) is 20.6 Å². The van der Waals surface area contributed by atoms with Gasteiger partial charge in [0.1, 0.15) is 0 Å². The van der Waals surface area contributed by atoms with E-state index in [9.17, 15) is 4.79 Å². The van der Waals surface area contributed by atoms with E-state index in [1.54, 1.807) is 7.05 Å². The van der Waals surface area contributed by atoms with Crippen molar-refractivity contribution in [2.24, 2.45) is 0 Å². The lowest BCUT2D eigenvalue weighted by Gasteiger charge is -2.21. The van der Waals surface area contributed by atoms with Gasteiger partial charge in [-0.05, 0) is 32.7 Å². The largest absolute Gasteiger partial charge is 0.358 e. The van der Waals surface area contributed by atoms with Crippen LogP contribution in [0.25, 0.3) is 0 Å². The van der Waals surface area contributed by atoms with Crippen molar-refractivity contribution in [2.45, 2.75) is 43.8 Å². The van der Waals surface area contributed by atoms with Crippen LogP contribution >= 0.6 is 0 Å². The van der Waals surface area contributed by atoms with E-state index in [1.165, 1.54) is 12.8 Å². The zero-order valence-corrected chi connectivity index (χ0v) is 9.62. The molecule has 2 fully saturated rings. The summed E-state index contributed by atoms with van der Waals surface area (Å²) in [7, 11) is 3.89. The Balaban J connectivity index is 1.74. The lowest BCUT2D eigenvalue weighted by molar-refractivity contribution is -0.122. The first kappa shape index (κ1) is 10.9. The van der Waals surface area contributed by atoms with E-state index < -0.39 is 0 Å². The summed E-state index contributed by atoms with van der Waals surface area (Å²) in [5.41, 5.74) is 0. The molecule has 1 saturated heterocycles. The van der Waals surface area contributed by atoms with Crippen LogP contribution in [0.4, 0.5) is 0 Å². The first-order chi connectivity index (χ1) is 7.20. The molecular weight excluding hydrogens is 190 g/mol. The van der Waals surface area contributed by atoms with Gasteiger partial charge in [-0.15, -0.1) is 0 Å². The molecule has 1 saturated carbocycles. The third kappa shape index (κ3) is 2.69. The van der Waals surface area contributed by atoms with Crippen LogP contribution in [0.2, 0.25) is 0 Å². The van der Waals surface area contributed by atoms with Crippen molar-refractivity contribution < 1.29 is 4.79 Å². The maximum Gasteiger partial charge on any atom is 0.236 e. The van der Waals surface area contributed by atoms with Crippen molar-refractivity contribution in [1.82, 2.24) is 15.5 Å². The highest BCUT2D eigenvalue weighted by molar-refractivity contribution is 5.81. The molecule has 2 N–H and O–H groups in total. The number of nitrogens with one attached hydrogen (secondary N) is 2. The Kier molecular flexibility index (Phi) is 3.26. The van der Waals surface area contributed by atoms with E-state index >= 15 is 0 Å². The average molecular weight is 211 g/mol. The predicted octanol–water partition coefficient (Wildman–Crippen LogP) is -0.0528. The molecule has 86 valence electrons. The quantitative estimate of drug-likeness (QED) is 0.685. The summed E-state index contributed by atoms with van der Waals surface area (Å²) in [5, 5.41) is 6.10. The van der Waals surface area contributed by atoms with Crippen molar-refractivity contribution in [1.29, 1.82) is 0 Å². The zero-order valence-electron chi connectivity index (χ0n) is 9.62. The molecule has 0 radical (unpaired) electrons. The minimum atomic E-state index is 0.0348. The molecule has 2 atom stereocenters. The SMILES string of the molecule is CNC(=O)C1CCC(CN(C)C2CC2)N1. The second-order valence-electron chi connectivity index (χ2n) is 4.78. The van der Waals surface area contributed by atoms with E-state index in [-0.39, 0.29) is 11.9 Å². The van der Waals surface area contributed by atoms with E-state index in [0.717, 1.165) is 25.4 Å². The van der Waals surface area contributed by atoms with Crippen LogP contribution in [0.5, 0.6) is 0 Å². The third-order valence-electron chi connectivity index (χ3n) is 3.48. The molecule has 0 aromatic heterocycles. The highest BCUT2D eigenvalue weighted by atomic mass is 16.2. The number of hydrogen-bond acceptors (Lipinski definition) is 3. The number of likely N-dealkylation sites (N-methyl/N-ethyl adjacent to an activating group) is 2.